The minimum atomic E-state index is -0.224. The second-order valence-corrected chi connectivity index (χ2v) is 6.38. The van der Waals surface area contributed by atoms with Crippen molar-refractivity contribution in [2.75, 3.05) is 18.0 Å². The highest BCUT2D eigenvalue weighted by Crippen LogP contribution is 2.37. The van der Waals surface area contributed by atoms with Crippen molar-refractivity contribution in [3.8, 4) is 0 Å². The first-order chi connectivity index (χ1) is 10.7. The standard InChI is InChI=1S/C15H20N6O/c16-12(22)6-10-2-1-5-20(7-10)14-13-15(18-8-17-14)21(9-19-13)11-3-4-11/h8-11H,1-7H2,(H2,16,22). The van der Waals surface area contributed by atoms with Crippen LogP contribution in [0, 0.1) is 5.92 Å². The van der Waals surface area contributed by atoms with E-state index in [-0.39, 0.29) is 5.91 Å². The third-order valence-electron chi connectivity index (χ3n) is 4.59. The Hall–Kier alpha value is -2.18. The lowest BCUT2D eigenvalue weighted by atomic mass is 9.94. The Kier molecular flexibility index (Phi) is 3.20. The number of nitrogens with zero attached hydrogens (tertiary/aromatic N) is 5. The molecule has 2 aliphatic rings. The number of piperidine rings is 1. The zero-order valence-corrected chi connectivity index (χ0v) is 12.5. The summed E-state index contributed by atoms with van der Waals surface area (Å²) in [5, 5.41) is 0. The minimum absolute atomic E-state index is 0.224. The van der Waals surface area contributed by atoms with Crippen LogP contribution in [0.3, 0.4) is 0 Å². The highest BCUT2D eigenvalue weighted by Gasteiger charge is 2.28. The lowest BCUT2D eigenvalue weighted by Crippen LogP contribution is -2.37. The first-order valence-electron chi connectivity index (χ1n) is 7.93. The SMILES string of the molecule is NC(=O)CC1CCCN(c2ncnc3c2ncn3C2CC2)C1. The van der Waals surface area contributed by atoms with Gasteiger partial charge in [0, 0.05) is 25.6 Å². The number of hydrogen-bond acceptors (Lipinski definition) is 5. The largest absolute Gasteiger partial charge is 0.370 e. The van der Waals surface area contributed by atoms with Gasteiger partial charge in [0.05, 0.1) is 6.33 Å². The van der Waals surface area contributed by atoms with Crippen LogP contribution >= 0.6 is 0 Å². The van der Waals surface area contributed by atoms with Crippen molar-refractivity contribution in [2.24, 2.45) is 11.7 Å². The van der Waals surface area contributed by atoms with Crippen LogP contribution in [0.1, 0.15) is 38.1 Å². The molecule has 116 valence electrons. The number of carbonyl (C=O) groups is 1. The number of aromatic nitrogens is 4. The van der Waals surface area contributed by atoms with Crippen LogP contribution in [0.4, 0.5) is 5.82 Å². The van der Waals surface area contributed by atoms with Crippen molar-refractivity contribution in [3.05, 3.63) is 12.7 Å². The Morgan fingerprint density at radius 3 is 2.91 bits per heavy atom. The maximum Gasteiger partial charge on any atom is 0.217 e. The topological polar surface area (TPSA) is 89.9 Å². The second kappa shape index (κ2) is 5.23. The van der Waals surface area contributed by atoms with Gasteiger partial charge in [-0.1, -0.05) is 0 Å². The van der Waals surface area contributed by atoms with Gasteiger partial charge >= 0.3 is 0 Å². The normalized spacial score (nSPS) is 22.2. The maximum absolute atomic E-state index is 11.2. The number of anilines is 1. The van der Waals surface area contributed by atoms with E-state index in [1.807, 2.05) is 6.33 Å². The van der Waals surface area contributed by atoms with E-state index in [2.05, 4.69) is 24.4 Å². The van der Waals surface area contributed by atoms with Crippen molar-refractivity contribution in [1.29, 1.82) is 0 Å². The fraction of sp³-hybridized carbons (Fsp3) is 0.600. The van der Waals surface area contributed by atoms with E-state index in [1.54, 1.807) is 6.33 Å². The molecule has 1 saturated carbocycles. The molecule has 0 spiro atoms. The Balaban J connectivity index is 1.64. The molecule has 4 rings (SSSR count). The molecule has 3 heterocycles. The number of hydrogen-bond donors (Lipinski definition) is 1. The number of fused-ring (bicyclic) bond motifs is 1. The summed E-state index contributed by atoms with van der Waals surface area (Å²) in [4.78, 5) is 26.8. The summed E-state index contributed by atoms with van der Waals surface area (Å²) in [5.41, 5.74) is 7.13. The molecule has 1 saturated heterocycles. The van der Waals surface area contributed by atoms with E-state index in [4.69, 9.17) is 5.73 Å². The molecule has 7 heteroatoms. The molecule has 1 atom stereocenters. The Bertz CT molecular complexity index is 707. The minimum Gasteiger partial charge on any atom is -0.370 e. The monoisotopic (exact) mass is 300 g/mol. The highest BCUT2D eigenvalue weighted by molar-refractivity contribution is 5.83. The number of primary amides is 1. The molecule has 7 nitrogen and oxygen atoms in total. The number of amides is 1. The molecule has 1 aliphatic heterocycles. The zero-order chi connectivity index (χ0) is 15.1. The number of rotatable bonds is 4. The molecule has 2 aromatic rings. The number of carbonyl (C=O) groups excluding carboxylic acids is 1. The van der Waals surface area contributed by atoms with Gasteiger partial charge in [0.15, 0.2) is 17.0 Å². The fourth-order valence-electron chi connectivity index (χ4n) is 3.40. The van der Waals surface area contributed by atoms with Gasteiger partial charge in [0.1, 0.15) is 6.33 Å². The number of nitrogens with two attached hydrogens (primary N) is 1. The van der Waals surface area contributed by atoms with Crippen LogP contribution < -0.4 is 10.6 Å². The predicted octanol–water partition coefficient (Wildman–Crippen LogP) is 1.25. The average molecular weight is 300 g/mol. The van der Waals surface area contributed by atoms with Crippen LogP contribution in [0.2, 0.25) is 0 Å². The molecular weight excluding hydrogens is 280 g/mol. The van der Waals surface area contributed by atoms with Gasteiger partial charge in [-0.2, -0.15) is 0 Å². The summed E-state index contributed by atoms with van der Waals surface area (Å²) in [6, 6.07) is 0.553. The zero-order valence-electron chi connectivity index (χ0n) is 12.5. The first-order valence-corrected chi connectivity index (χ1v) is 7.93. The molecule has 1 unspecified atom stereocenters. The van der Waals surface area contributed by atoms with E-state index in [9.17, 15) is 4.79 Å². The van der Waals surface area contributed by atoms with E-state index in [0.29, 0.717) is 18.4 Å². The van der Waals surface area contributed by atoms with Crippen molar-refractivity contribution in [1.82, 2.24) is 19.5 Å². The van der Waals surface area contributed by atoms with Crippen LogP contribution in [-0.2, 0) is 4.79 Å². The molecule has 2 fully saturated rings. The van der Waals surface area contributed by atoms with Gasteiger partial charge in [0.2, 0.25) is 5.91 Å². The molecule has 2 aromatic heterocycles. The smallest absolute Gasteiger partial charge is 0.217 e. The fourth-order valence-corrected chi connectivity index (χ4v) is 3.40. The molecule has 0 aromatic carbocycles. The number of imidazole rings is 1. The summed E-state index contributed by atoms with van der Waals surface area (Å²) >= 11 is 0. The molecule has 1 amide bonds. The molecule has 1 aliphatic carbocycles. The van der Waals surface area contributed by atoms with Gasteiger partial charge in [-0.05, 0) is 31.6 Å². The maximum atomic E-state index is 11.2. The highest BCUT2D eigenvalue weighted by atomic mass is 16.1. The van der Waals surface area contributed by atoms with Gasteiger partial charge in [0.25, 0.3) is 0 Å². The van der Waals surface area contributed by atoms with E-state index in [1.165, 1.54) is 12.8 Å². The van der Waals surface area contributed by atoms with Crippen LogP contribution in [0.15, 0.2) is 12.7 Å². The molecular formula is C15H20N6O. The van der Waals surface area contributed by atoms with E-state index >= 15 is 0 Å². The van der Waals surface area contributed by atoms with Crippen molar-refractivity contribution >= 4 is 22.9 Å². The van der Waals surface area contributed by atoms with E-state index < -0.39 is 0 Å². The Morgan fingerprint density at radius 1 is 1.27 bits per heavy atom. The lowest BCUT2D eigenvalue weighted by Gasteiger charge is -2.33. The van der Waals surface area contributed by atoms with Crippen LogP contribution in [-0.4, -0.2) is 38.5 Å². The van der Waals surface area contributed by atoms with Crippen molar-refractivity contribution < 1.29 is 4.79 Å². The average Bonchev–Trinajstić information content (AvgIpc) is 3.25. The predicted molar refractivity (Wildman–Crippen MR) is 82.3 cm³/mol. The van der Waals surface area contributed by atoms with Gasteiger partial charge < -0.3 is 15.2 Å². The summed E-state index contributed by atoms with van der Waals surface area (Å²) in [6.45, 7) is 1.75. The Labute approximate surface area is 128 Å². The summed E-state index contributed by atoms with van der Waals surface area (Å²) in [7, 11) is 0. The second-order valence-electron chi connectivity index (χ2n) is 6.38. The van der Waals surface area contributed by atoms with Gasteiger partial charge in [-0.15, -0.1) is 0 Å². The quantitative estimate of drug-likeness (QED) is 0.918. The third kappa shape index (κ3) is 2.40. The van der Waals surface area contributed by atoms with Crippen LogP contribution in [0.25, 0.3) is 11.2 Å². The lowest BCUT2D eigenvalue weighted by molar-refractivity contribution is -0.118. The van der Waals surface area contributed by atoms with Crippen molar-refractivity contribution in [3.63, 3.8) is 0 Å². The molecule has 0 radical (unpaired) electrons. The van der Waals surface area contributed by atoms with E-state index in [0.717, 1.165) is 42.9 Å². The van der Waals surface area contributed by atoms with Crippen molar-refractivity contribution in [2.45, 2.75) is 38.1 Å². The van der Waals surface area contributed by atoms with Crippen LogP contribution in [0.5, 0.6) is 0 Å². The summed E-state index contributed by atoms with van der Waals surface area (Å²) in [6.07, 6.45) is 8.45. The molecule has 22 heavy (non-hydrogen) atoms. The first kappa shape index (κ1) is 13.5. The third-order valence-corrected chi connectivity index (χ3v) is 4.59. The summed E-state index contributed by atoms with van der Waals surface area (Å²) in [5.74, 6) is 0.970. The summed E-state index contributed by atoms with van der Waals surface area (Å²) < 4.78 is 2.16. The van der Waals surface area contributed by atoms with Gasteiger partial charge in [-0.3, -0.25) is 4.79 Å². The molecule has 2 N–H and O–H groups in total. The van der Waals surface area contributed by atoms with Gasteiger partial charge in [-0.25, -0.2) is 15.0 Å². The Morgan fingerprint density at radius 2 is 2.14 bits per heavy atom. The molecule has 0 bridgehead atoms.